The SMILES string of the molecule is CCOc1ccccc1C(=O)N1CSCC1C(=O)NCc1csc(-c2cccs2)n1. The number of benzene rings is 1. The van der Waals surface area contributed by atoms with Gasteiger partial charge in [0.25, 0.3) is 5.91 Å². The maximum Gasteiger partial charge on any atom is 0.259 e. The summed E-state index contributed by atoms with van der Waals surface area (Å²) in [6.45, 7) is 2.70. The first-order valence-electron chi connectivity index (χ1n) is 9.54. The summed E-state index contributed by atoms with van der Waals surface area (Å²) in [6.07, 6.45) is 0. The topological polar surface area (TPSA) is 71.5 Å². The van der Waals surface area contributed by atoms with Crippen LogP contribution in [0.1, 0.15) is 23.0 Å². The zero-order valence-corrected chi connectivity index (χ0v) is 18.8. The van der Waals surface area contributed by atoms with Gasteiger partial charge < -0.3 is 15.0 Å². The van der Waals surface area contributed by atoms with E-state index in [-0.39, 0.29) is 11.8 Å². The van der Waals surface area contributed by atoms with Gasteiger partial charge in [-0.05, 0) is 30.5 Å². The molecule has 0 bridgehead atoms. The Balaban J connectivity index is 1.41. The highest BCUT2D eigenvalue weighted by Crippen LogP contribution is 2.29. The van der Waals surface area contributed by atoms with Gasteiger partial charge in [0.05, 0.1) is 35.2 Å². The van der Waals surface area contributed by atoms with Crippen LogP contribution < -0.4 is 10.1 Å². The molecular formula is C21H21N3O3S3. The Labute approximate surface area is 187 Å². The first-order chi connectivity index (χ1) is 14.7. The molecule has 1 N–H and O–H groups in total. The van der Waals surface area contributed by atoms with Crippen molar-refractivity contribution in [3.8, 4) is 15.6 Å². The molecule has 1 aliphatic rings. The van der Waals surface area contributed by atoms with Crippen LogP contribution in [0.4, 0.5) is 0 Å². The van der Waals surface area contributed by atoms with Crippen LogP contribution in [-0.4, -0.2) is 46.0 Å². The van der Waals surface area contributed by atoms with Crippen molar-refractivity contribution in [3.05, 3.63) is 58.4 Å². The highest BCUT2D eigenvalue weighted by atomic mass is 32.2. The summed E-state index contributed by atoms with van der Waals surface area (Å²) in [4.78, 5) is 33.3. The Hall–Kier alpha value is -2.36. The largest absolute Gasteiger partial charge is 0.493 e. The molecule has 30 heavy (non-hydrogen) atoms. The number of para-hydroxylation sites is 1. The molecule has 0 aliphatic carbocycles. The molecule has 1 aromatic carbocycles. The van der Waals surface area contributed by atoms with E-state index in [0.29, 0.717) is 36.1 Å². The van der Waals surface area contributed by atoms with Crippen molar-refractivity contribution in [1.29, 1.82) is 0 Å². The number of carbonyl (C=O) groups excluding carboxylic acids is 2. The van der Waals surface area contributed by atoms with Crippen LogP contribution in [0.15, 0.2) is 47.2 Å². The Morgan fingerprint density at radius 1 is 1.23 bits per heavy atom. The summed E-state index contributed by atoms with van der Waals surface area (Å²) in [6, 6.07) is 10.7. The first kappa shape index (κ1) is 20.9. The summed E-state index contributed by atoms with van der Waals surface area (Å²) in [5, 5.41) is 7.88. The van der Waals surface area contributed by atoms with Crippen molar-refractivity contribution < 1.29 is 14.3 Å². The Morgan fingerprint density at radius 2 is 2.10 bits per heavy atom. The van der Waals surface area contributed by atoms with Crippen molar-refractivity contribution in [3.63, 3.8) is 0 Å². The molecule has 1 fully saturated rings. The van der Waals surface area contributed by atoms with E-state index in [1.807, 2.05) is 41.9 Å². The zero-order chi connectivity index (χ0) is 20.9. The van der Waals surface area contributed by atoms with Crippen LogP contribution in [-0.2, 0) is 11.3 Å². The third kappa shape index (κ3) is 4.53. The number of thiazole rings is 1. The molecule has 1 aliphatic heterocycles. The number of thioether (sulfide) groups is 1. The second-order valence-electron chi connectivity index (χ2n) is 6.56. The van der Waals surface area contributed by atoms with Crippen LogP contribution in [0.3, 0.4) is 0 Å². The number of hydrogen-bond donors (Lipinski definition) is 1. The van der Waals surface area contributed by atoms with Crippen LogP contribution in [0.2, 0.25) is 0 Å². The lowest BCUT2D eigenvalue weighted by atomic mass is 10.1. The van der Waals surface area contributed by atoms with Crippen molar-refractivity contribution in [2.24, 2.45) is 0 Å². The minimum atomic E-state index is -0.507. The van der Waals surface area contributed by atoms with Gasteiger partial charge in [0.1, 0.15) is 16.8 Å². The number of amides is 2. The average molecular weight is 460 g/mol. The summed E-state index contributed by atoms with van der Waals surface area (Å²) in [5.41, 5.74) is 1.31. The standard InChI is InChI=1S/C21H21N3O3S3/c1-2-27-17-7-4-3-6-15(17)21(26)24-13-28-12-16(24)19(25)22-10-14-11-30-20(23-14)18-8-5-9-29-18/h3-9,11,16H,2,10,12-13H2,1H3,(H,22,25). The number of rotatable bonds is 7. The van der Waals surface area contributed by atoms with Gasteiger partial charge in [-0.1, -0.05) is 18.2 Å². The van der Waals surface area contributed by atoms with Gasteiger partial charge in [0.2, 0.25) is 5.91 Å². The summed E-state index contributed by atoms with van der Waals surface area (Å²) < 4.78 is 5.59. The lowest BCUT2D eigenvalue weighted by Gasteiger charge is -2.24. The molecular weight excluding hydrogens is 438 g/mol. The van der Waals surface area contributed by atoms with Crippen molar-refractivity contribution in [1.82, 2.24) is 15.2 Å². The lowest BCUT2D eigenvalue weighted by Crippen LogP contribution is -2.47. The highest BCUT2D eigenvalue weighted by molar-refractivity contribution is 7.99. The molecule has 1 unspecified atom stereocenters. The molecule has 3 heterocycles. The normalized spacial score (nSPS) is 15.9. The number of aromatic nitrogens is 1. The lowest BCUT2D eigenvalue weighted by molar-refractivity contribution is -0.124. The van der Waals surface area contributed by atoms with Gasteiger partial charge in [-0.3, -0.25) is 9.59 Å². The van der Waals surface area contributed by atoms with Gasteiger partial charge in [-0.2, -0.15) is 0 Å². The molecule has 0 radical (unpaired) electrons. The van der Waals surface area contributed by atoms with Crippen LogP contribution in [0.5, 0.6) is 5.75 Å². The van der Waals surface area contributed by atoms with E-state index in [9.17, 15) is 9.59 Å². The Morgan fingerprint density at radius 3 is 2.90 bits per heavy atom. The van der Waals surface area contributed by atoms with Gasteiger partial charge >= 0.3 is 0 Å². The fraction of sp³-hybridized carbons (Fsp3) is 0.286. The molecule has 2 aromatic heterocycles. The predicted molar refractivity (Wildman–Crippen MR) is 122 cm³/mol. The molecule has 0 saturated carbocycles. The minimum Gasteiger partial charge on any atom is -0.493 e. The number of hydrogen-bond acceptors (Lipinski definition) is 7. The van der Waals surface area contributed by atoms with E-state index in [2.05, 4.69) is 10.3 Å². The second kappa shape index (κ2) is 9.63. The van der Waals surface area contributed by atoms with Gasteiger partial charge in [0, 0.05) is 11.1 Å². The van der Waals surface area contributed by atoms with Gasteiger partial charge in [-0.15, -0.1) is 34.4 Å². The summed E-state index contributed by atoms with van der Waals surface area (Å²) in [7, 11) is 0. The third-order valence-corrected chi connectivity index (χ3v) is 7.53. The molecule has 156 valence electrons. The van der Waals surface area contributed by atoms with Crippen LogP contribution in [0.25, 0.3) is 9.88 Å². The predicted octanol–water partition coefficient (Wildman–Crippen LogP) is 4.10. The molecule has 1 atom stereocenters. The fourth-order valence-electron chi connectivity index (χ4n) is 3.14. The monoisotopic (exact) mass is 459 g/mol. The molecule has 9 heteroatoms. The number of thiophene rings is 1. The number of ether oxygens (including phenoxy) is 1. The van der Waals surface area contributed by atoms with Crippen molar-refractivity contribution in [2.45, 2.75) is 19.5 Å². The first-order valence-corrected chi connectivity index (χ1v) is 12.4. The number of nitrogens with one attached hydrogen (secondary N) is 1. The van der Waals surface area contributed by atoms with Gasteiger partial charge in [-0.25, -0.2) is 4.98 Å². The fourth-order valence-corrected chi connectivity index (χ4v) is 5.92. The van der Waals surface area contributed by atoms with E-state index in [1.54, 1.807) is 51.5 Å². The van der Waals surface area contributed by atoms with E-state index in [4.69, 9.17) is 4.74 Å². The summed E-state index contributed by atoms with van der Waals surface area (Å²) in [5.74, 6) is 1.26. The molecule has 6 nitrogen and oxygen atoms in total. The molecule has 2 amide bonds. The number of carbonyl (C=O) groups is 2. The summed E-state index contributed by atoms with van der Waals surface area (Å²) >= 11 is 4.79. The third-order valence-electron chi connectivity index (χ3n) is 4.59. The van der Waals surface area contributed by atoms with Crippen molar-refractivity contribution >= 4 is 46.2 Å². The van der Waals surface area contributed by atoms with E-state index in [0.717, 1.165) is 15.6 Å². The van der Waals surface area contributed by atoms with E-state index in [1.165, 1.54) is 0 Å². The highest BCUT2D eigenvalue weighted by Gasteiger charge is 2.36. The maximum absolute atomic E-state index is 13.1. The quantitative estimate of drug-likeness (QED) is 0.576. The average Bonchev–Trinajstić information content (AvgIpc) is 3.53. The van der Waals surface area contributed by atoms with Crippen molar-refractivity contribution in [2.75, 3.05) is 18.2 Å². The van der Waals surface area contributed by atoms with Crippen LogP contribution in [0, 0.1) is 0 Å². The smallest absolute Gasteiger partial charge is 0.259 e. The Bertz CT molecular complexity index is 1020. The Kier molecular flexibility index (Phi) is 6.71. The van der Waals surface area contributed by atoms with E-state index >= 15 is 0 Å². The molecule has 4 rings (SSSR count). The van der Waals surface area contributed by atoms with Gasteiger partial charge in [0.15, 0.2) is 0 Å². The van der Waals surface area contributed by atoms with Crippen LogP contribution >= 0.6 is 34.4 Å². The number of nitrogens with zero attached hydrogens (tertiary/aromatic N) is 2. The molecule has 1 saturated heterocycles. The minimum absolute atomic E-state index is 0.159. The molecule has 0 spiro atoms. The van der Waals surface area contributed by atoms with E-state index < -0.39 is 6.04 Å². The molecule has 3 aromatic rings. The zero-order valence-electron chi connectivity index (χ0n) is 16.4. The maximum atomic E-state index is 13.1. The second-order valence-corrected chi connectivity index (χ2v) is 9.36.